The van der Waals surface area contributed by atoms with Gasteiger partial charge in [-0.3, -0.25) is 4.79 Å². The van der Waals surface area contributed by atoms with Crippen LogP contribution >= 0.6 is 11.6 Å². The molecule has 0 spiro atoms. The zero-order valence-electron chi connectivity index (χ0n) is 14.6. The number of amides is 1. The lowest BCUT2D eigenvalue weighted by Gasteiger charge is -2.25. The molecule has 0 saturated carbocycles. The van der Waals surface area contributed by atoms with E-state index in [1.54, 1.807) is 38.1 Å². The normalized spacial score (nSPS) is 11.0. The van der Waals surface area contributed by atoms with Crippen molar-refractivity contribution < 1.29 is 18.0 Å². The van der Waals surface area contributed by atoms with E-state index in [9.17, 15) is 13.6 Å². The highest BCUT2D eigenvalue weighted by Crippen LogP contribution is 2.26. The molecule has 0 fully saturated rings. The van der Waals surface area contributed by atoms with E-state index >= 15 is 0 Å². The third kappa shape index (κ3) is 4.31. The van der Waals surface area contributed by atoms with E-state index in [-0.39, 0.29) is 29.9 Å². The standard InChI is InChI=1S/C19H16ClF2N3O2/c1-11(2)25(19(26)12-7-13(21)9-14(22)8-12)10-17-23-24-18(27-17)15-5-3-4-6-16(15)20/h3-9,11H,10H2,1-2H3. The molecule has 140 valence electrons. The molecular weight excluding hydrogens is 376 g/mol. The quantitative estimate of drug-likeness (QED) is 0.631. The number of halogens is 3. The Bertz CT molecular complexity index is 955. The molecule has 3 aromatic rings. The molecule has 0 bridgehead atoms. The third-order valence-electron chi connectivity index (χ3n) is 3.87. The van der Waals surface area contributed by atoms with Gasteiger partial charge in [-0.25, -0.2) is 8.78 Å². The highest BCUT2D eigenvalue weighted by atomic mass is 35.5. The van der Waals surface area contributed by atoms with Gasteiger partial charge >= 0.3 is 0 Å². The molecule has 27 heavy (non-hydrogen) atoms. The number of carbonyl (C=O) groups excluding carboxylic acids is 1. The molecule has 1 amide bonds. The molecule has 0 aliphatic carbocycles. The van der Waals surface area contributed by atoms with Crippen molar-refractivity contribution in [1.82, 2.24) is 15.1 Å². The highest BCUT2D eigenvalue weighted by molar-refractivity contribution is 6.33. The molecule has 0 saturated heterocycles. The van der Waals surface area contributed by atoms with Gasteiger partial charge < -0.3 is 9.32 Å². The average molecular weight is 392 g/mol. The van der Waals surface area contributed by atoms with Gasteiger partial charge in [0.2, 0.25) is 11.8 Å². The minimum absolute atomic E-state index is 0.00785. The van der Waals surface area contributed by atoms with Crippen molar-refractivity contribution in [1.29, 1.82) is 0 Å². The number of carbonyl (C=O) groups is 1. The van der Waals surface area contributed by atoms with Gasteiger partial charge in [-0.15, -0.1) is 10.2 Å². The fourth-order valence-electron chi connectivity index (χ4n) is 2.54. The Labute approximate surface area is 159 Å². The largest absolute Gasteiger partial charge is 0.419 e. The number of hydrogen-bond donors (Lipinski definition) is 0. The van der Waals surface area contributed by atoms with Crippen LogP contribution in [0.1, 0.15) is 30.1 Å². The molecule has 5 nitrogen and oxygen atoms in total. The number of nitrogens with zero attached hydrogens (tertiary/aromatic N) is 3. The maximum Gasteiger partial charge on any atom is 0.254 e. The first-order chi connectivity index (χ1) is 12.8. The predicted octanol–water partition coefficient (Wildman–Crippen LogP) is 4.72. The Kier molecular flexibility index (Phi) is 5.51. The van der Waals surface area contributed by atoms with Crippen molar-refractivity contribution in [2.24, 2.45) is 0 Å². The van der Waals surface area contributed by atoms with Gasteiger partial charge in [0.05, 0.1) is 17.1 Å². The van der Waals surface area contributed by atoms with Crippen molar-refractivity contribution in [3.05, 3.63) is 70.6 Å². The Morgan fingerprint density at radius 1 is 1.15 bits per heavy atom. The molecule has 0 aliphatic rings. The minimum Gasteiger partial charge on any atom is -0.419 e. The van der Waals surface area contributed by atoms with Crippen molar-refractivity contribution in [2.75, 3.05) is 0 Å². The van der Waals surface area contributed by atoms with Gasteiger partial charge in [0, 0.05) is 17.7 Å². The minimum atomic E-state index is -0.819. The summed E-state index contributed by atoms with van der Waals surface area (Å²) in [6.07, 6.45) is 0. The molecular formula is C19H16ClF2N3O2. The van der Waals surface area contributed by atoms with E-state index in [1.165, 1.54) is 4.90 Å². The molecule has 1 aromatic heterocycles. The molecule has 2 aromatic carbocycles. The summed E-state index contributed by atoms with van der Waals surface area (Å²) in [5, 5.41) is 8.37. The van der Waals surface area contributed by atoms with Crippen LogP contribution in [0, 0.1) is 11.6 Å². The Morgan fingerprint density at radius 2 is 1.81 bits per heavy atom. The van der Waals surface area contributed by atoms with Crippen LogP contribution in [0.5, 0.6) is 0 Å². The van der Waals surface area contributed by atoms with Crippen LogP contribution in [0.3, 0.4) is 0 Å². The third-order valence-corrected chi connectivity index (χ3v) is 4.20. The zero-order valence-corrected chi connectivity index (χ0v) is 15.4. The second kappa shape index (κ2) is 7.84. The lowest BCUT2D eigenvalue weighted by atomic mass is 10.1. The Morgan fingerprint density at radius 3 is 2.44 bits per heavy atom. The van der Waals surface area contributed by atoms with E-state index in [0.717, 1.165) is 12.1 Å². The maximum atomic E-state index is 13.4. The van der Waals surface area contributed by atoms with E-state index < -0.39 is 17.5 Å². The van der Waals surface area contributed by atoms with Crippen molar-refractivity contribution in [3.8, 4) is 11.5 Å². The number of rotatable bonds is 5. The SMILES string of the molecule is CC(C)N(Cc1nnc(-c2ccccc2Cl)o1)C(=O)c1cc(F)cc(F)c1. The van der Waals surface area contributed by atoms with Gasteiger partial charge in [0.1, 0.15) is 11.6 Å². The Hall–Kier alpha value is -2.80. The summed E-state index contributed by atoms with van der Waals surface area (Å²) in [6, 6.07) is 9.43. The summed E-state index contributed by atoms with van der Waals surface area (Å²) in [5.41, 5.74) is 0.486. The lowest BCUT2D eigenvalue weighted by Crippen LogP contribution is -2.36. The van der Waals surface area contributed by atoms with Crippen molar-refractivity contribution in [2.45, 2.75) is 26.4 Å². The monoisotopic (exact) mass is 391 g/mol. The van der Waals surface area contributed by atoms with Gasteiger partial charge in [-0.1, -0.05) is 23.7 Å². The maximum absolute atomic E-state index is 13.4. The van der Waals surface area contributed by atoms with Gasteiger partial charge in [-0.2, -0.15) is 0 Å². The smallest absolute Gasteiger partial charge is 0.254 e. The first kappa shape index (κ1) is 19.0. The number of hydrogen-bond acceptors (Lipinski definition) is 4. The average Bonchev–Trinajstić information content (AvgIpc) is 3.07. The second-order valence-electron chi connectivity index (χ2n) is 6.17. The molecule has 8 heteroatoms. The molecule has 0 aliphatic heterocycles. The first-order valence-corrected chi connectivity index (χ1v) is 8.57. The topological polar surface area (TPSA) is 59.2 Å². The van der Waals surface area contributed by atoms with Gasteiger partial charge in [0.25, 0.3) is 5.91 Å². The van der Waals surface area contributed by atoms with Crippen LogP contribution in [-0.2, 0) is 6.54 Å². The predicted molar refractivity (Wildman–Crippen MR) is 96.1 cm³/mol. The molecule has 3 rings (SSSR count). The van der Waals surface area contributed by atoms with Gasteiger partial charge in [0.15, 0.2) is 0 Å². The van der Waals surface area contributed by atoms with E-state index in [4.69, 9.17) is 16.0 Å². The summed E-state index contributed by atoms with van der Waals surface area (Å²) in [4.78, 5) is 14.1. The Balaban J connectivity index is 1.85. The fraction of sp³-hybridized carbons (Fsp3) is 0.211. The van der Waals surface area contributed by atoms with Crippen LogP contribution in [0.4, 0.5) is 8.78 Å². The van der Waals surface area contributed by atoms with Crippen LogP contribution in [0.25, 0.3) is 11.5 Å². The van der Waals surface area contributed by atoms with Crippen molar-refractivity contribution >= 4 is 17.5 Å². The van der Waals surface area contributed by atoms with E-state index in [2.05, 4.69) is 10.2 Å². The summed E-state index contributed by atoms with van der Waals surface area (Å²) < 4.78 is 32.5. The fourth-order valence-corrected chi connectivity index (χ4v) is 2.76. The van der Waals surface area contributed by atoms with Crippen molar-refractivity contribution in [3.63, 3.8) is 0 Å². The molecule has 0 N–H and O–H groups in total. The molecule has 1 heterocycles. The molecule has 0 radical (unpaired) electrons. The first-order valence-electron chi connectivity index (χ1n) is 8.19. The zero-order chi connectivity index (χ0) is 19.6. The number of aromatic nitrogens is 2. The summed E-state index contributed by atoms with van der Waals surface area (Å²) in [5.74, 6) is -1.77. The summed E-state index contributed by atoms with van der Waals surface area (Å²) in [7, 11) is 0. The number of benzene rings is 2. The summed E-state index contributed by atoms with van der Waals surface area (Å²) >= 11 is 6.12. The molecule has 0 atom stereocenters. The van der Waals surface area contributed by atoms with E-state index in [1.807, 2.05) is 0 Å². The van der Waals surface area contributed by atoms with Crippen LogP contribution < -0.4 is 0 Å². The second-order valence-corrected chi connectivity index (χ2v) is 6.57. The highest BCUT2D eigenvalue weighted by Gasteiger charge is 2.23. The van der Waals surface area contributed by atoms with Crippen LogP contribution in [0.15, 0.2) is 46.9 Å². The summed E-state index contributed by atoms with van der Waals surface area (Å²) in [6.45, 7) is 3.55. The van der Waals surface area contributed by atoms with E-state index in [0.29, 0.717) is 16.7 Å². The van der Waals surface area contributed by atoms with Crippen LogP contribution in [-0.4, -0.2) is 27.0 Å². The molecule has 0 unspecified atom stereocenters. The van der Waals surface area contributed by atoms with Crippen LogP contribution in [0.2, 0.25) is 5.02 Å². The lowest BCUT2D eigenvalue weighted by molar-refractivity contribution is 0.0671. The van der Waals surface area contributed by atoms with Gasteiger partial charge in [-0.05, 0) is 38.1 Å².